The van der Waals surface area contributed by atoms with Crippen LogP contribution in [0.5, 0.6) is 0 Å². The monoisotopic (exact) mass is 223 g/mol. The standard InChI is InChI=1S/C11H17N3O2/c1-10(2)6-4-5-11(10,3)8(15)7(6)13-14-9(12)16/h6H,4-5H2,1-3H3,(H3,12,14,16)/b13-7-. The number of carbonyl (C=O) groups is 2. The lowest BCUT2D eigenvalue weighted by Crippen LogP contribution is -2.34. The van der Waals surface area contributed by atoms with Crippen LogP contribution in [0.25, 0.3) is 0 Å². The Morgan fingerprint density at radius 3 is 2.56 bits per heavy atom. The van der Waals surface area contributed by atoms with E-state index in [4.69, 9.17) is 5.73 Å². The van der Waals surface area contributed by atoms with Crippen molar-refractivity contribution < 1.29 is 9.59 Å². The molecule has 2 rings (SSSR count). The summed E-state index contributed by atoms with van der Waals surface area (Å²) in [6.07, 6.45) is 1.85. The predicted octanol–water partition coefficient (Wildman–Crippen LogP) is 1.04. The molecule has 0 saturated heterocycles. The zero-order valence-corrected chi connectivity index (χ0v) is 9.83. The third kappa shape index (κ3) is 1.14. The van der Waals surface area contributed by atoms with Crippen LogP contribution in [0.15, 0.2) is 5.10 Å². The maximum absolute atomic E-state index is 12.2. The number of urea groups is 1. The number of fused-ring (bicyclic) bond motifs is 2. The Balaban J connectivity index is 2.37. The molecular weight excluding hydrogens is 206 g/mol. The summed E-state index contributed by atoms with van der Waals surface area (Å²) in [5.41, 5.74) is 7.18. The summed E-state index contributed by atoms with van der Waals surface area (Å²) in [5, 5.41) is 3.87. The number of ketones is 1. The number of nitrogens with one attached hydrogen (secondary N) is 1. The lowest BCUT2D eigenvalue weighted by atomic mass is 9.70. The van der Waals surface area contributed by atoms with Crippen LogP contribution in [-0.2, 0) is 4.79 Å². The fourth-order valence-electron chi connectivity index (χ4n) is 3.07. The van der Waals surface area contributed by atoms with Crippen molar-refractivity contribution in [2.75, 3.05) is 0 Å². The number of Topliss-reactive ketones (excluding diaryl/α,β-unsaturated/α-hetero) is 1. The van der Waals surface area contributed by atoms with Crippen LogP contribution in [0.3, 0.4) is 0 Å². The first kappa shape index (κ1) is 11.1. The van der Waals surface area contributed by atoms with Crippen molar-refractivity contribution in [3.63, 3.8) is 0 Å². The van der Waals surface area contributed by atoms with E-state index in [1.165, 1.54) is 0 Å². The third-order valence-electron chi connectivity index (χ3n) is 4.58. The molecule has 0 aromatic rings. The summed E-state index contributed by atoms with van der Waals surface area (Å²) in [6.45, 7) is 6.17. The van der Waals surface area contributed by atoms with Gasteiger partial charge in [0.1, 0.15) is 5.71 Å². The highest BCUT2D eigenvalue weighted by atomic mass is 16.2. The van der Waals surface area contributed by atoms with Crippen LogP contribution in [-0.4, -0.2) is 17.5 Å². The van der Waals surface area contributed by atoms with E-state index in [-0.39, 0.29) is 22.5 Å². The van der Waals surface area contributed by atoms with Crippen LogP contribution in [0.2, 0.25) is 0 Å². The van der Waals surface area contributed by atoms with Gasteiger partial charge in [0.05, 0.1) is 0 Å². The van der Waals surface area contributed by atoms with Crippen molar-refractivity contribution in [2.45, 2.75) is 33.6 Å². The Morgan fingerprint density at radius 2 is 2.12 bits per heavy atom. The van der Waals surface area contributed by atoms with E-state index in [0.717, 1.165) is 12.8 Å². The summed E-state index contributed by atoms with van der Waals surface area (Å²) >= 11 is 0. The molecule has 16 heavy (non-hydrogen) atoms. The van der Waals surface area contributed by atoms with Crippen molar-refractivity contribution >= 4 is 17.5 Å². The molecular formula is C11H17N3O2. The number of hydrazone groups is 1. The van der Waals surface area contributed by atoms with E-state index < -0.39 is 6.03 Å². The van der Waals surface area contributed by atoms with Gasteiger partial charge in [-0.15, -0.1) is 0 Å². The van der Waals surface area contributed by atoms with Gasteiger partial charge in [-0.05, 0) is 18.3 Å². The molecule has 2 aliphatic rings. The van der Waals surface area contributed by atoms with Crippen molar-refractivity contribution in [3.05, 3.63) is 0 Å². The highest BCUT2D eigenvalue weighted by molar-refractivity contribution is 6.45. The van der Waals surface area contributed by atoms with Gasteiger partial charge in [-0.1, -0.05) is 20.8 Å². The van der Waals surface area contributed by atoms with Crippen molar-refractivity contribution in [3.8, 4) is 0 Å². The average Bonchev–Trinajstić information content (AvgIpc) is 2.47. The lowest BCUT2D eigenvalue weighted by Gasteiger charge is -2.31. The number of carbonyl (C=O) groups excluding carboxylic acids is 2. The van der Waals surface area contributed by atoms with E-state index >= 15 is 0 Å². The van der Waals surface area contributed by atoms with Gasteiger partial charge >= 0.3 is 6.03 Å². The lowest BCUT2D eigenvalue weighted by molar-refractivity contribution is -0.123. The molecule has 0 aromatic heterocycles. The van der Waals surface area contributed by atoms with Gasteiger partial charge in [-0.2, -0.15) is 5.10 Å². The SMILES string of the molecule is CC12CCC(/C(=N/NC(N)=O)C1=O)C2(C)C. The molecule has 0 spiro atoms. The molecule has 5 heteroatoms. The van der Waals surface area contributed by atoms with E-state index in [1.54, 1.807) is 0 Å². The first-order valence-electron chi connectivity index (χ1n) is 5.48. The quantitative estimate of drug-likeness (QED) is 0.651. The van der Waals surface area contributed by atoms with Gasteiger partial charge in [0.2, 0.25) is 0 Å². The summed E-state index contributed by atoms with van der Waals surface area (Å²) in [7, 11) is 0. The molecule has 2 aliphatic carbocycles. The highest BCUT2D eigenvalue weighted by Crippen LogP contribution is 2.62. The number of rotatable bonds is 1. The Kier molecular flexibility index (Phi) is 2.12. The van der Waals surface area contributed by atoms with Gasteiger partial charge in [-0.3, -0.25) is 4.79 Å². The van der Waals surface area contributed by atoms with Crippen molar-refractivity contribution in [2.24, 2.45) is 27.6 Å². The van der Waals surface area contributed by atoms with Crippen molar-refractivity contribution in [1.29, 1.82) is 0 Å². The zero-order valence-electron chi connectivity index (χ0n) is 9.83. The number of primary amides is 1. The molecule has 2 fully saturated rings. The first-order chi connectivity index (χ1) is 7.30. The fourth-order valence-corrected chi connectivity index (χ4v) is 3.07. The van der Waals surface area contributed by atoms with E-state index in [1.807, 2.05) is 6.92 Å². The topological polar surface area (TPSA) is 84.5 Å². The smallest absolute Gasteiger partial charge is 0.332 e. The first-order valence-corrected chi connectivity index (χ1v) is 5.48. The number of hydrogen-bond acceptors (Lipinski definition) is 3. The number of nitrogens with two attached hydrogens (primary N) is 1. The second kappa shape index (κ2) is 3.06. The molecule has 2 unspecified atom stereocenters. The minimum atomic E-state index is -0.731. The van der Waals surface area contributed by atoms with Crippen LogP contribution < -0.4 is 11.2 Å². The van der Waals surface area contributed by atoms with E-state index in [2.05, 4.69) is 24.4 Å². The van der Waals surface area contributed by atoms with Crippen LogP contribution in [0.4, 0.5) is 4.79 Å². The largest absolute Gasteiger partial charge is 0.350 e. The molecule has 0 radical (unpaired) electrons. The third-order valence-corrected chi connectivity index (χ3v) is 4.58. The van der Waals surface area contributed by atoms with Gasteiger partial charge < -0.3 is 5.73 Å². The second-order valence-corrected chi connectivity index (χ2v) is 5.45. The van der Waals surface area contributed by atoms with Crippen molar-refractivity contribution in [1.82, 2.24) is 5.43 Å². The maximum Gasteiger partial charge on any atom is 0.332 e. The van der Waals surface area contributed by atoms with Crippen LogP contribution in [0.1, 0.15) is 33.6 Å². The molecule has 0 aromatic carbocycles. The molecule has 2 bridgehead atoms. The maximum atomic E-state index is 12.2. The summed E-state index contributed by atoms with van der Waals surface area (Å²) in [6, 6.07) is -0.731. The minimum absolute atomic E-state index is 0.0579. The van der Waals surface area contributed by atoms with Gasteiger partial charge in [-0.25, -0.2) is 10.2 Å². The van der Waals surface area contributed by atoms with E-state index in [0.29, 0.717) is 5.71 Å². The minimum Gasteiger partial charge on any atom is -0.350 e. The fraction of sp³-hybridized carbons (Fsp3) is 0.727. The molecule has 2 amide bonds. The molecule has 2 atom stereocenters. The summed E-state index contributed by atoms with van der Waals surface area (Å²) < 4.78 is 0. The summed E-state index contributed by atoms with van der Waals surface area (Å²) in [4.78, 5) is 22.8. The second-order valence-electron chi connectivity index (χ2n) is 5.45. The van der Waals surface area contributed by atoms with Gasteiger partial charge in [0.15, 0.2) is 5.78 Å². The Bertz CT molecular complexity index is 400. The molecule has 88 valence electrons. The molecule has 2 saturated carbocycles. The normalized spacial score (nSPS) is 38.1. The zero-order chi connectivity index (χ0) is 12.1. The molecule has 3 N–H and O–H groups in total. The summed E-state index contributed by atoms with van der Waals surface area (Å²) in [5.74, 6) is 0.194. The Hall–Kier alpha value is -1.39. The predicted molar refractivity (Wildman–Crippen MR) is 59.8 cm³/mol. The average molecular weight is 223 g/mol. The molecule has 5 nitrogen and oxygen atoms in total. The number of nitrogens with zero attached hydrogens (tertiary/aromatic N) is 1. The number of hydrogen-bond donors (Lipinski definition) is 2. The van der Waals surface area contributed by atoms with Crippen LogP contribution in [0, 0.1) is 16.7 Å². The van der Waals surface area contributed by atoms with Gasteiger partial charge in [0, 0.05) is 11.3 Å². The van der Waals surface area contributed by atoms with Crippen LogP contribution >= 0.6 is 0 Å². The van der Waals surface area contributed by atoms with E-state index in [9.17, 15) is 9.59 Å². The molecule has 0 heterocycles. The molecule has 0 aliphatic heterocycles. The Labute approximate surface area is 94.5 Å². The van der Waals surface area contributed by atoms with Gasteiger partial charge in [0.25, 0.3) is 0 Å². The Morgan fingerprint density at radius 1 is 1.50 bits per heavy atom. The highest BCUT2D eigenvalue weighted by Gasteiger charge is 2.65. The number of amides is 2.